The van der Waals surface area contributed by atoms with Gasteiger partial charge in [0, 0.05) is 17.3 Å². The molecule has 0 bridgehead atoms. The Balaban J connectivity index is 1.59. The number of Topliss-reactive ketones (excluding diaryl/α,β-unsaturated/α-hetero) is 1. The normalized spacial score (nSPS) is 30.0. The number of hydrogen-bond acceptors (Lipinski definition) is 5. The first-order chi connectivity index (χ1) is 16.4. The van der Waals surface area contributed by atoms with Crippen LogP contribution >= 0.6 is 0 Å². The number of allylic oxidation sites excluding steroid dienone is 2. The van der Waals surface area contributed by atoms with Gasteiger partial charge in [0.05, 0.1) is 5.56 Å². The maximum Gasteiger partial charge on any atom is 0.534 e. The number of rotatable bonds is 4. The number of ether oxygens (including phenoxy) is 1. The summed E-state index contributed by atoms with van der Waals surface area (Å²) < 4.78 is 74.6. The van der Waals surface area contributed by atoms with Crippen LogP contribution in [0.25, 0.3) is 0 Å². The van der Waals surface area contributed by atoms with Crippen molar-refractivity contribution in [2.45, 2.75) is 56.6 Å². The number of aryl methyl sites for hydroxylation is 1. The van der Waals surface area contributed by atoms with Crippen LogP contribution < -0.4 is 4.74 Å². The van der Waals surface area contributed by atoms with Gasteiger partial charge in [-0.2, -0.15) is 21.6 Å². The van der Waals surface area contributed by atoms with Crippen LogP contribution in [-0.4, -0.2) is 25.8 Å². The van der Waals surface area contributed by atoms with Crippen LogP contribution in [0.5, 0.6) is 5.75 Å². The second-order valence-corrected chi connectivity index (χ2v) is 11.5. The van der Waals surface area contributed by atoms with Gasteiger partial charge < -0.3 is 8.92 Å². The summed E-state index contributed by atoms with van der Waals surface area (Å²) in [7, 11) is -5.88. The van der Waals surface area contributed by atoms with Crippen LogP contribution in [0.4, 0.5) is 13.2 Å². The third-order valence-corrected chi connectivity index (χ3v) is 8.92. The van der Waals surface area contributed by atoms with Crippen LogP contribution in [0.1, 0.15) is 54.6 Å². The molecule has 0 aromatic heterocycles. The molecule has 5 rings (SSSR count). The van der Waals surface area contributed by atoms with Crippen molar-refractivity contribution in [3.05, 3.63) is 77.1 Å². The smallest absolute Gasteiger partial charge is 0.481 e. The van der Waals surface area contributed by atoms with E-state index in [1.807, 2.05) is 31.2 Å². The quantitative estimate of drug-likeness (QED) is 0.393. The zero-order valence-corrected chi connectivity index (χ0v) is 20.1. The minimum absolute atomic E-state index is 0.0118. The van der Waals surface area contributed by atoms with Crippen LogP contribution in [0, 0.1) is 11.3 Å². The number of carbonyl (C=O) groups is 1. The van der Waals surface area contributed by atoms with Crippen molar-refractivity contribution in [3.63, 3.8) is 0 Å². The zero-order valence-electron chi connectivity index (χ0n) is 19.3. The molecule has 0 N–H and O–H groups in total. The van der Waals surface area contributed by atoms with E-state index in [4.69, 9.17) is 8.92 Å². The number of benzene rings is 2. The summed E-state index contributed by atoms with van der Waals surface area (Å²) in [5, 5.41) is 0. The Morgan fingerprint density at radius 3 is 2.49 bits per heavy atom. The van der Waals surface area contributed by atoms with Gasteiger partial charge in [0.15, 0.2) is 6.10 Å². The summed E-state index contributed by atoms with van der Waals surface area (Å²) in [4.78, 5) is 13.1. The monoisotopic (exact) mass is 506 g/mol. The first kappa shape index (κ1) is 23.9. The number of alkyl halides is 3. The number of hydrogen-bond donors (Lipinski definition) is 0. The van der Waals surface area contributed by atoms with Crippen molar-refractivity contribution in [2.75, 3.05) is 0 Å². The molecule has 1 aliphatic heterocycles. The number of carbonyl (C=O) groups excluding carboxylic acids is 1. The van der Waals surface area contributed by atoms with Gasteiger partial charge in [0.1, 0.15) is 11.5 Å². The number of halogens is 3. The molecule has 2 aromatic rings. The molecule has 35 heavy (non-hydrogen) atoms. The first-order valence-corrected chi connectivity index (χ1v) is 12.9. The molecule has 0 amide bonds. The second kappa shape index (κ2) is 7.85. The van der Waals surface area contributed by atoms with E-state index in [2.05, 4.69) is 0 Å². The van der Waals surface area contributed by atoms with Gasteiger partial charge in [-0.15, -0.1) is 0 Å². The topological polar surface area (TPSA) is 69.7 Å². The third kappa shape index (κ3) is 3.66. The van der Waals surface area contributed by atoms with Gasteiger partial charge in [-0.25, -0.2) is 0 Å². The molecule has 0 fully saturated rings. The van der Waals surface area contributed by atoms with E-state index in [1.165, 1.54) is 6.08 Å². The zero-order chi connectivity index (χ0) is 25.2. The highest BCUT2D eigenvalue weighted by atomic mass is 32.2. The standard InChI is InChI=1S/C26H25F3O5S/c1-24-14-13-22(34-35(31,32)26(27,28)29)25(2,21(24)12-11-16-7-3-5-9-18(16)24)15-20-23(30)17-8-4-6-10-19(17)33-20/h3-10,13,20-21H,11-12,14-15H2,1-2H3/t20?,21-,24-,25-/m1/s1. The average Bonchev–Trinajstić information content (AvgIpc) is 3.10. The van der Waals surface area contributed by atoms with Crippen molar-refractivity contribution in [2.24, 2.45) is 11.3 Å². The van der Waals surface area contributed by atoms with Gasteiger partial charge >= 0.3 is 15.6 Å². The molecule has 4 atom stereocenters. The third-order valence-electron chi connectivity index (χ3n) is 7.95. The number of ketones is 1. The first-order valence-electron chi connectivity index (χ1n) is 11.5. The lowest BCUT2D eigenvalue weighted by Gasteiger charge is -2.54. The van der Waals surface area contributed by atoms with Crippen LogP contribution in [-0.2, 0) is 26.1 Å². The van der Waals surface area contributed by atoms with Crippen molar-refractivity contribution >= 4 is 15.9 Å². The van der Waals surface area contributed by atoms with Crippen molar-refractivity contribution < 1.29 is 35.3 Å². The van der Waals surface area contributed by atoms with Crippen molar-refractivity contribution in [1.29, 1.82) is 0 Å². The molecule has 0 saturated carbocycles. The summed E-state index contributed by atoms with van der Waals surface area (Å²) in [5.74, 6) is -0.422. The second-order valence-electron chi connectivity index (χ2n) is 10.0. The molecule has 2 aromatic carbocycles. The van der Waals surface area contributed by atoms with Crippen LogP contribution in [0.15, 0.2) is 60.4 Å². The maximum absolute atomic E-state index is 13.3. The average molecular weight is 507 g/mol. The molecular weight excluding hydrogens is 481 g/mol. The molecule has 1 unspecified atom stereocenters. The minimum Gasteiger partial charge on any atom is -0.481 e. The summed E-state index contributed by atoms with van der Waals surface area (Å²) in [6.07, 6.45) is 2.08. The molecule has 1 heterocycles. The Morgan fingerprint density at radius 1 is 1.09 bits per heavy atom. The molecule has 186 valence electrons. The summed E-state index contributed by atoms with van der Waals surface area (Å²) in [6.45, 7) is 3.74. The van der Waals surface area contributed by atoms with Crippen LogP contribution in [0.2, 0.25) is 0 Å². The Morgan fingerprint density at radius 2 is 1.77 bits per heavy atom. The Kier molecular flexibility index (Phi) is 5.36. The van der Waals surface area contributed by atoms with Gasteiger partial charge in [0.2, 0.25) is 5.78 Å². The number of para-hydroxylation sites is 1. The SMILES string of the molecule is C[C@]1(CC2Oc3ccccc3C2=O)C(OS(=O)(=O)C(F)(F)F)=CC[C@]2(C)c3ccccc3CC[C@@H]12. The molecular formula is C26H25F3O5S. The fourth-order valence-corrected chi connectivity index (χ4v) is 6.88. The highest BCUT2D eigenvalue weighted by Crippen LogP contribution is 2.60. The fourth-order valence-electron chi connectivity index (χ4n) is 6.30. The van der Waals surface area contributed by atoms with Gasteiger partial charge in [0.25, 0.3) is 0 Å². The molecule has 3 aliphatic rings. The van der Waals surface area contributed by atoms with Gasteiger partial charge in [-0.05, 0) is 54.5 Å². The van der Waals surface area contributed by atoms with E-state index < -0.39 is 32.6 Å². The number of fused-ring (bicyclic) bond motifs is 4. The van der Waals surface area contributed by atoms with E-state index in [0.29, 0.717) is 30.6 Å². The van der Waals surface area contributed by atoms with Crippen LogP contribution in [0.3, 0.4) is 0 Å². The van der Waals surface area contributed by atoms with Crippen molar-refractivity contribution in [1.82, 2.24) is 0 Å². The largest absolute Gasteiger partial charge is 0.534 e. The minimum atomic E-state index is -5.88. The molecule has 2 aliphatic carbocycles. The van der Waals surface area contributed by atoms with E-state index in [1.54, 1.807) is 31.2 Å². The van der Waals surface area contributed by atoms with E-state index in [-0.39, 0.29) is 23.9 Å². The molecule has 9 heteroatoms. The van der Waals surface area contributed by atoms with Gasteiger partial charge in [-0.3, -0.25) is 4.79 Å². The maximum atomic E-state index is 13.3. The Labute approximate surface area is 202 Å². The van der Waals surface area contributed by atoms with E-state index in [9.17, 15) is 26.4 Å². The lowest BCUT2D eigenvalue weighted by atomic mass is 9.50. The Bertz CT molecular complexity index is 1330. The fraction of sp³-hybridized carbons (Fsp3) is 0.423. The highest BCUT2D eigenvalue weighted by Gasteiger charge is 2.58. The summed E-state index contributed by atoms with van der Waals surface area (Å²) in [5.41, 5.74) is -4.60. The van der Waals surface area contributed by atoms with Crippen molar-refractivity contribution in [3.8, 4) is 5.75 Å². The predicted molar refractivity (Wildman–Crippen MR) is 122 cm³/mol. The lowest BCUT2D eigenvalue weighted by Crippen LogP contribution is -2.51. The van der Waals surface area contributed by atoms with E-state index >= 15 is 0 Å². The highest BCUT2D eigenvalue weighted by molar-refractivity contribution is 7.87. The molecule has 0 radical (unpaired) electrons. The molecule has 0 spiro atoms. The Hall–Kier alpha value is -2.81. The summed E-state index contributed by atoms with van der Waals surface area (Å²) >= 11 is 0. The summed E-state index contributed by atoms with van der Waals surface area (Å²) in [6, 6.07) is 14.7. The predicted octanol–water partition coefficient (Wildman–Crippen LogP) is 5.70. The van der Waals surface area contributed by atoms with E-state index in [0.717, 1.165) is 11.1 Å². The lowest BCUT2D eigenvalue weighted by molar-refractivity contribution is -0.0558. The molecule has 0 saturated heterocycles. The molecule has 5 nitrogen and oxygen atoms in total. The van der Waals surface area contributed by atoms with Gasteiger partial charge in [-0.1, -0.05) is 50.2 Å².